The number of aryl methyl sites for hydroxylation is 1. The molecule has 1 aromatic carbocycles. The third-order valence-corrected chi connectivity index (χ3v) is 6.89. The van der Waals surface area contributed by atoms with Gasteiger partial charge in [0.2, 0.25) is 0 Å². The van der Waals surface area contributed by atoms with E-state index in [-0.39, 0.29) is 6.04 Å². The molecule has 4 rings (SSSR count). The first-order valence-corrected chi connectivity index (χ1v) is 11.3. The molecule has 5 nitrogen and oxygen atoms in total. The van der Waals surface area contributed by atoms with Gasteiger partial charge in [0.1, 0.15) is 6.29 Å². The first kappa shape index (κ1) is 20.3. The van der Waals surface area contributed by atoms with Gasteiger partial charge in [0.05, 0.1) is 12.4 Å². The van der Waals surface area contributed by atoms with Gasteiger partial charge >= 0.3 is 0 Å². The van der Waals surface area contributed by atoms with Crippen molar-refractivity contribution in [1.29, 1.82) is 0 Å². The standard InChI is InChI=1S/C24H34N4O/c29-16-22(13-20-14-25-17-27-20)26-15-21-12-19-8-4-5-9-23(19)24(28-21)11-10-18-6-2-1-3-7-18/h1-3,6-7,14,16-17,19,21-24,26,28H,4-5,8-13,15H2,(H,25,27)/t19-,21+,22+,23+,24?/m1/s1. The number of hydrogen-bond donors (Lipinski definition) is 3. The zero-order valence-electron chi connectivity index (χ0n) is 17.2. The molecule has 0 amide bonds. The van der Waals surface area contributed by atoms with E-state index in [0.29, 0.717) is 18.5 Å². The van der Waals surface area contributed by atoms with Crippen molar-refractivity contribution in [3.05, 3.63) is 54.1 Å². The number of nitrogens with one attached hydrogen (secondary N) is 3. The summed E-state index contributed by atoms with van der Waals surface area (Å²) in [5.74, 6) is 1.65. The number of aldehydes is 1. The highest BCUT2D eigenvalue weighted by molar-refractivity contribution is 5.58. The zero-order valence-corrected chi connectivity index (χ0v) is 17.2. The molecular formula is C24H34N4O. The minimum absolute atomic E-state index is 0.163. The lowest BCUT2D eigenvalue weighted by atomic mass is 9.69. The highest BCUT2D eigenvalue weighted by atomic mass is 16.1. The van der Waals surface area contributed by atoms with E-state index in [2.05, 4.69) is 50.9 Å². The number of imidazole rings is 1. The van der Waals surface area contributed by atoms with Crippen molar-refractivity contribution in [2.45, 2.75) is 69.5 Å². The number of rotatable bonds is 9. The van der Waals surface area contributed by atoms with E-state index < -0.39 is 0 Å². The fraction of sp³-hybridized carbons (Fsp3) is 0.583. The highest BCUT2D eigenvalue weighted by Gasteiger charge is 2.38. The van der Waals surface area contributed by atoms with E-state index >= 15 is 0 Å². The number of carbonyl (C=O) groups excluding carboxylic acids is 1. The molecule has 2 aliphatic rings. The average molecular weight is 395 g/mol. The maximum absolute atomic E-state index is 11.5. The summed E-state index contributed by atoms with van der Waals surface area (Å²) in [6.45, 7) is 0.850. The Morgan fingerprint density at radius 2 is 2.07 bits per heavy atom. The first-order valence-electron chi connectivity index (χ1n) is 11.3. The topological polar surface area (TPSA) is 69.8 Å². The predicted molar refractivity (Wildman–Crippen MR) is 116 cm³/mol. The maximum atomic E-state index is 11.5. The van der Waals surface area contributed by atoms with Crippen molar-refractivity contribution < 1.29 is 4.79 Å². The highest BCUT2D eigenvalue weighted by Crippen LogP contribution is 2.39. The van der Waals surface area contributed by atoms with E-state index in [1.807, 2.05) is 0 Å². The second-order valence-corrected chi connectivity index (χ2v) is 8.87. The number of aromatic nitrogens is 2. The van der Waals surface area contributed by atoms with Gasteiger partial charge in [-0.15, -0.1) is 0 Å². The molecule has 1 aliphatic carbocycles. The van der Waals surface area contributed by atoms with E-state index in [1.165, 1.54) is 44.1 Å². The summed E-state index contributed by atoms with van der Waals surface area (Å²) in [5.41, 5.74) is 2.43. The number of carbonyl (C=O) groups is 1. The Kier molecular flexibility index (Phi) is 7.12. The minimum Gasteiger partial charge on any atom is -0.348 e. The van der Waals surface area contributed by atoms with Crippen LogP contribution in [0.3, 0.4) is 0 Å². The van der Waals surface area contributed by atoms with Gasteiger partial charge < -0.3 is 20.4 Å². The largest absolute Gasteiger partial charge is 0.348 e. The number of hydrogen-bond acceptors (Lipinski definition) is 4. The molecule has 156 valence electrons. The second kappa shape index (κ2) is 10.2. The molecule has 1 saturated heterocycles. The van der Waals surface area contributed by atoms with Crippen molar-refractivity contribution in [1.82, 2.24) is 20.6 Å². The summed E-state index contributed by atoms with van der Waals surface area (Å²) in [4.78, 5) is 18.7. The average Bonchev–Trinajstić information content (AvgIpc) is 3.29. The summed E-state index contributed by atoms with van der Waals surface area (Å²) < 4.78 is 0. The quantitative estimate of drug-likeness (QED) is 0.571. The molecule has 1 aliphatic heterocycles. The van der Waals surface area contributed by atoms with Crippen LogP contribution in [0.15, 0.2) is 42.9 Å². The van der Waals surface area contributed by atoms with Gasteiger partial charge in [-0.05, 0) is 43.1 Å². The number of nitrogens with zero attached hydrogens (tertiary/aromatic N) is 1. The van der Waals surface area contributed by atoms with Gasteiger partial charge in [0.15, 0.2) is 0 Å². The summed E-state index contributed by atoms with van der Waals surface area (Å²) in [7, 11) is 0. The van der Waals surface area contributed by atoms with Crippen molar-refractivity contribution in [2.24, 2.45) is 11.8 Å². The smallest absolute Gasteiger partial charge is 0.137 e. The van der Waals surface area contributed by atoms with Crippen molar-refractivity contribution in [2.75, 3.05) is 6.54 Å². The number of fused-ring (bicyclic) bond motifs is 1. The van der Waals surface area contributed by atoms with Gasteiger partial charge in [0, 0.05) is 36.9 Å². The van der Waals surface area contributed by atoms with Gasteiger partial charge in [-0.3, -0.25) is 0 Å². The Bertz CT molecular complexity index is 733. The Morgan fingerprint density at radius 3 is 2.86 bits per heavy atom. The molecule has 5 heteroatoms. The van der Waals surface area contributed by atoms with Crippen LogP contribution in [0.4, 0.5) is 0 Å². The van der Waals surface area contributed by atoms with Gasteiger partial charge in [0.25, 0.3) is 0 Å². The molecule has 29 heavy (non-hydrogen) atoms. The lowest BCUT2D eigenvalue weighted by Gasteiger charge is -2.46. The molecule has 2 aromatic rings. The number of benzene rings is 1. The van der Waals surface area contributed by atoms with Crippen LogP contribution in [-0.2, 0) is 17.6 Å². The SMILES string of the molecule is O=C[C@H](Cc1cnc[nH]1)NC[C@@H]1C[C@H]2CCCC[C@@H]2C(CCc2ccccc2)N1. The van der Waals surface area contributed by atoms with Crippen LogP contribution >= 0.6 is 0 Å². The molecule has 5 atom stereocenters. The van der Waals surface area contributed by atoms with Crippen LogP contribution in [0.25, 0.3) is 0 Å². The molecule has 2 fully saturated rings. The molecule has 3 N–H and O–H groups in total. The van der Waals surface area contributed by atoms with E-state index in [9.17, 15) is 4.79 Å². The normalized spacial score (nSPS) is 27.9. The maximum Gasteiger partial charge on any atom is 0.137 e. The number of H-pyrrole nitrogens is 1. The fourth-order valence-corrected chi connectivity index (χ4v) is 5.42. The Hall–Kier alpha value is -1.98. The molecule has 1 aromatic heterocycles. The monoisotopic (exact) mass is 394 g/mol. The van der Waals surface area contributed by atoms with Gasteiger partial charge in [-0.2, -0.15) is 0 Å². The van der Waals surface area contributed by atoms with Gasteiger partial charge in [-0.25, -0.2) is 4.98 Å². The van der Waals surface area contributed by atoms with E-state index in [0.717, 1.165) is 36.8 Å². The Balaban J connectivity index is 1.33. The Morgan fingerprint density at radius 1 is 1.21 bits per heavy atom. The van der Waals surface area contributed by atoms with E-state index in [1.54, 1.807) is 12.5 Å². The third kappa shape index (κ3) is 5.55. The summed E-state index contributed by atoms with van der Waals surface area (Å²) >= 11 is 0. The lowest BCUT2D eigenvalue weighted by Crippen LogP contribution is -2.56. The van der Waals surface area contributed by atoms with Crippen LogP contribution in [-0.4, -0.2) is 40.9 Å². The summed E-state index contributed by atoms with van der Waals surface area (Å²) in [5, 5.41) is 7.45. The van der Waals surface area contributed by atoms with Crippen molar-refractivity contribution >= 4 is 6.29 Å². The second-order valence-electron chi connectivity index (χ2n) is 8.87. The number of piperidine rings is 1. The molecule has 2 heterocycles. The van der Waals surface area contributed by atoms with Crippen LogP contribution in [0.2, 0.25) is 0 Å². The van der Waals surface area contributed by atoms with Crippen LogP contribution in [0.5, 0.6) is 0 Å². The molecule has 1 unspecified atom stereocenters. The van der Waals surface area contributed by atoms with Crippen LogP contribution in [0.1, 0.15) is 49.8 Å². The fourth-order valence-electron chi connectivity index (χ4n) is 5.42. The third-order valence-electron chi connectivity index (χ3n) is 6.89. The summed E-state index contributed by atoms with van der Waals surface area (Å²) in [6.07, 6.45) is 14.2. The molecule has 0 bridgehead atoms. The molecule has 1 saturated carbocycles. The first-order chi connectivity index (χ1) is 14.3. The lowest BCUT2D eigenvalue weighted by molar-refractivity contribution is -0.109. The van der Waals surface area contributed by atoms with Gasteiger partial charge in [-0.1, -0.05) is 49.6 Å². The molecule has 0 radical (unpaired) electrons. The van der Waals surface area contributed by atoms with Crippen LogP contribution in [0, 0.1) is 11.8 Å². The molecular weight excluding hydrogens is 360 g/mol. The van der Waals surface area contributed by atoms with E-state index in [4.69, 9.17) is 0 Å². The van der Waals surface area contributed by atoms with Crippen LogP contribution < -0.4 is 10.6 Å². The Labute approximate surface area is 174 Å². The van der Waals surface area contributed by atoms with Crippen molar-refractivity contribution in [3.63, 3.8) is 0 Å². The minimum atomic E-state index is -0.163. The predicted octanol–water partition coefficient (Wildman–Crippen LogP) is 3.28. The molecule has 0 spiro atoms. The number of aromatic amines is 1. The summed E-state index contributed by atoms with van der Waals surface area (Å²) in [6, 6.07) is 11.7. The van der Waals surface area contributed by atoms with Crippen molar-refractivity contribution in [3.8, 4) is 0 Å². The zero-order chi connectivity index (χ0) is 19.9.